The van der Waals surface area contributed by atoms with Crippen LogP contribution < -0.4 is 0 Å². The van der Waals surface area contributed by atoms with Gasteiger partial charge in [-0.1, -0.05) is 0 Å². The molecule has 0 radical (unpaired) electrons. The van der Waals surface area contributed by atoms with Crippen LogP contribution in [-0.4, -0.2) is 21.0 Å². The lowest BCUT2D eigenvalue weighted by Gasteiger charge is -1.88. The van der Waals surface area contributed by atoms with Gasteiger partial charge in [0.05, 0.1) is 16.8 Å². The maximum atomic E-state index is 10.6. The molecule has 0 bridgehead atoms. The van der Waals surface area contributed by atoms with Gasteiger partial charge in [0, 0.05) is 4.88 Å². The fourth-order valence-electron chi connectivity index (χ4n) is 1.13. The van der Waals surface area contributed by atoms with E-state index in [9.17, 15) is 4.79 Å². The number of carboxylic acids is 1. The Morgan fingerprint density at radius 1 is 1.57 bits per heavy atom. The van der Waals surface area contributed by atoms with Crippen molar-refractivity contribution in [1.29, 1.82) is 0 Å². The van der Waals surface area contributed by atoms with Crippen molar-refractivity contribution in [3.05, 3.63) is 29.0 Å². The third kappa shape index (κ3) is 1.54. The number of H-pyrrole nitrogens is 1. The summed E-state index contributed by atoms with van der Waals surface area (Å²) in [5, 5.41) is 8.66. The summed E-state index contributed by atoms with van der Waals surface area (Å²) >= 11 is 1.60. The van der Waals surface area contributed by atoms with Gasteiger partial charge in [0.25, 0.3) is 0 Å². The molecule has 0 atom stereocenters. The number of thiophene rings is 1. The molecule has 2 rings (SSSR count). The van der Waals surface area contributed by atoms with E-state index in [-0.39, 0.29) is 5.82 Å². The molecule has 4 nitrogen and oxygen atoms in total. The molecule has 72 valence electrons. The Labute approximate surface area is 84.2 Å². The fraction of sp³-hybridized carbons (Fsp3) is 0.111. The van der Waals surface area contributed by atoms with Gasteiger partial charge in [-0.2, -0.15) is 0 Å². The minimum absolute atomic E-state index is 0.0222. The molecule has 2 aromatic heterocycles. The van der Waals surface area contributed by atoms with E-state index in [0.717, 1.165) is 10.6 Å². The van der Waals surface area contributed by atoms with Gasteiger partial charge in [0.15, 0.2) is 0 Å². The van der Waals surface area contributed by atoms with Crippen LogP contribution in [0.25, 0.3) is 10.6 Å². The molecule has 0 aliphatic heterocycles. The molecule has 0 unspecified atom stereocenters. The zero-order valence-electron chi connectivity index (χ0n) is 7.44. The molecule has 0 fully saturated rings. The first-order chi connectivity index (χ1) is 6.66. The Balaban J connectivity index is 2.38. The highest BCUT2D eigenvalue weighted by molar-refractivity contribution is 7.15. The molecule has 0 spiro atoms. The van der Waals surface area contributed by atoms with Crippen LogP contribution in [0.4, 0.5) is 0 Å². The number of rotatable bonds is 2. The Bertz CT molecular complexity index is 473. The molecule has 0 aromatic carbocycles. The Kier molecular flexibility index (Phi) is 2.09. The van der Waals surface area contributed by atoms with E-state index < -0.39 is 5.97 Å². The summed E-state index contributed by atoms with van der Waals surface area (Å²) in [4.78, 5) is 19.2. The minimum atomic E-state index is -1.04. The van der Waals surface area contributed by atoms with E-state index in [4.69, 9.17) is 5.11 Å². The zero-order chi connectivity index (χ0) is 10.1. The van der Waals surface area contributed by atoms with Crippen molar-refractivity contribution in [2.24, 2.45) is 0 Å². The fourth-order valence-corrected chi connectivity index (χ4v) is 1.97. The predicted molar refractivity (Wildman–Crippen MR) is 53.6 cm³/mol. The lowest BCUT2D eigenvalue weighted by molar-refractivity contribution is 0.0685. The molecule has 0 aliphatic carbocycles. The average molecular weight is 208 g/mol. The van der Waals surface area contributed by atoms with E-state index in [1.165, 1.54) is 11.1 Å². The highest BCUT2D eigenvalue weighted by atomic mass is 32.1. The number of aryl methyl sites for hydroxylation is 1. The highest BCUT2D eigenvalue weighted by Gasteiger charge is 2.09. The van der Waals surface area contributed by atoms with Gasteiger partial charge in [0.2, 0.25) is 5.82 Å². The number of imidazole rings is 1. The highest BCUT2D eigenvalue weighted by Crippen LogP contribution is 2.25. The number of aromatic amines is 1. The first-order valence-corrected chi connectivity index (χ1v) is 4.83. The van der Waals surface area contributed by atoms with Crippen LogP contribution in [-0.2, 0) is 0 Å². The van der Waals surface area contributed by atoms with E-state index in [1.54, 1.807) is 11.3 Å². The second-order valence-corrected chi connectivity index (χ2v) is 4.15. The van der Waals surface area contributed by atoms with Crippen molar-refractivity contribution >= 4 is 17.3 Å². The molecular formula is C9H8N2O2S. The lowest BCUT2D eigenvalue weighted by Crippen LogP contribution is -1.97. The second kappa shape index (κ2) is 3.26. The Hall–Kier alpha value is -1.62. The zero-order valence-corrected chi connectivity index (χ0v) is 8.26. The number of hydrogen-bond acceptors (Lipinski definition) is 3. The normalized spacial score (nSPS) is 10.4. The summed E-state index contributed by atoms with van der Waals surface area (Å²) in [6.07, 6.45) is 1.54. The topological polar surface area (TPSA) is 66.0 Å². The maximum absolute atomic E-state index is 10.6. The van der Waals surface area contributed by atoms with E-state index in [1.807, 2.05) is 19.1 Å². The molecule has 2 N–H and O–H groups in total. The predicted octanol–water partition coefficient (Wildman–Crippen LogP) is 2.14. The van der Waals surface area contributed by atoms with Gasteiger partial charge < -0.3 is 10.1 Å². The number of aromatic carboxylic acids is 1. The van der Waals surface area contributed by atoms with Gasteiger partial charge in [-0.15, -0.1) is 11.3 Å². The van der Waals surface area contributed by atoms with Crippen LogP contribution in [0.15, 0.2) is 18.3 Å². The van der Waals surface area contributed by atoms with Crippen molar-refractivity contribution in [3.8, 4) is 10.6 Å². The van der Waals surface area contributed by atoms with Gasteiger partial charge in [0.1, 0.15) is 0 Å². The van der Waals surface area contributed by atoms with Crippen molar-refractivity contribution < 1.29 is 9.90 Å². The molecule has 2 aromatic rings. The largest absolute Gasteiger partial charge is 0.475 e. The van der Waals surface area contributed by atoms with Crippen LogP contribution in [0.5, 0.6) is 0 Å². The summed E-state index contributed by atoms with van der Waals surface area (Å²) < 4.78 is 0. The Morgan fingerprint density at radius 2 is 2.36 bits per heavy atom. The van der Waals surface area contributed by atoms with E-state index in [0.29, 0.717) is 0 Å². The van der Waals surface area contributed by atoms with Crippen molar-refractivity contribution in [2.45, 2.75) is 6.92 Å². The molecule has 0 saturated heterocycles. The van der Waals surface area contributed by atoms with E-state index in [2.05, 4.69) is 9.97 Å². The average Bonchev–Trinajstić information content (AvgIpc) is 2.70. The van der Waals surface area contributed by atoms with Gasteiger partial charge in [-0.05, 0) is 19.1 Å². The number of hydrogen-bond donors (Lipinski definition) is 2. The molecule has 2 heterocycles. The van der Waals surface area contributed by atoms with Gasteiger partial charge in [-0.25, -0.2) is 9.78 Å². The standard InChI is InChI=1S/C9H8N2O2S/c1-5-2-3-7(14-5)6-4-10-8(11-6)9(12)13/h2-4H,1H3,(H,10,11)(H,12,13). The van der Waals surface area contributed by atoms with Crippen molar-refractivity contribution in [1.82, 2.24) is 9.97 Å². The van der Waals surface area contributed by atoms with Crippen LogP contribution in [0, 0.1) is 6.92 Å². The quantitative estimate of drug-likeness (QED) is 0.794. The maximum Gasteiger partial charge on any atom is 0.371 e. The SMILES string of the molecule is Cc1ccc(-c2cnc(C(=O)O)[nH]2)s1. The number of carbonyl (C=O) groups is 1. The van der Waals surface area contributed by atoms with Crippen LogP contribution in [0.2, 0.25) is 0 Å². The summed E-state index contributed by atoms with van der Waals surface area (Å²) in [5.74, 6) is -1.06. The molecule has 5 heteroatoms. The molecular weight excluding hydrogens is 200 g/mol. The van der Waals surface area contributed by atoms with Crippen LogP contribution in [0.3, 0.4) is 0 Å². The number of carboxylic acid groups (broad SMARTS) is 1. The molecule has 0 aliphatic rings. The first-order valence-electron chi connectivity index (χ1n) is 4.02. The molecule has 0 saturated carbocycles. The number of nitrogens with zero attached hydrogens (tertiary/aromatic N) is 1. The first kappa shape index (κ1) is 8.96. The Morgan fingerprint density at radius 3 is 2.86 bits per heavy atom. The van der Waals surface area contributed by atoms with Crippen molar-refractivity contribution in [3.63, 3.8) is 0 Å². The van der Waals surface area contributed by atoms with Crippen LogP contribution >= 0.6 is 11.3 Å². The van der Waals surface area contributed by atoms with Gasteiger partial charge in [-0.3, -0.25) is 0 Å². The van der Waals surface area contributed by atoms with Crippen LogP contribution in [0.1, 0.15) is 15.5 Å². The summed E-state index contributed by atoms with van der Waals surface area (Å²) in [6, 6.07) is 3.93. The van der Waals surface area contributed by atoms with E-state index >= 15 is 0 Å². The van der Waals surface area contributed by atoms with Gasteiger partial charge >= 0.3 is 5.97 Å². The minimum Gasteiger partial charge on any atom is -0.475 e. The van der Waals surface area contributed by atoms with Crippen molar-refractivity contribution in [2.75, 3.05) is 0 Å². The summed E-state index contributed by atoms with van der Waals surface area (Å²) in [5.41, 5.74) is 0.750. The molecule has 14 heavy (non-hydrogen) atoms. The monoisotopic (exact) mass is 208 g/mol. The third-order valence-electron chi connectivity index (χ3n) is 1.78. The summed E-state index contributed by atoms with van der Waals surface area (Å²) in [6.45, 7) is 2.00. The smallest absolute Gasteiger partial charge is 0.371 e. The molecule has 0 amide bonds. The number of aromatic nitrogens is 2. The summed E-state index contributed by atoms with van der Waals surface area (Å²) in [7, 11) is 0. The third-order valence-corrected chi connectivity index (χ3v) is 2.82. The number of nitrogens with one attached hydrogen (secondary N) is 1. The lowest BCUT2D eigenvalue weighted by atomic mass is 10.4. The second-order valence-electron chi connectivity index (χ2n) is 2.86.